The summed E-state index contributed by atoms with van der Waals surface area (Å²) in [5, 5.41) is 1.24. The number of rotatable bonds is 5. The number of halogens is 2. The molecule has 0 saturated heterocycles. The molecule has 1 aliphatic rings. The van der Waals surface area contributed by atoms with Crippen LogP contribution in [0.15, 0.2) is 77.8 Å². The van der Waals surface area contributed by atoms with Gasteiger partial charge in [-0.15, -0.1) is 0 Å². The molecule has 0 aromatic heterocycles. The quantitative estimate of drug-likeness (QED) is 0.464. The van der Waals surface area contributed by atoms with Crippen molar-refractivity contribution in [3.63, 3.8) is 0 Å². The lowest BCUT2D eigenvalue weighted by Gasteiger charge is -2.17. The summed E-state index contributed by atoms with van der Waals surface area (Å²) >= 11 is 12.2. The average Bonchev–Trinajstić information content (AvgIpc) is 2.72. The lowest BCUT2D eigenvalue weighted by molar-refractivity contribution is 0.306. The van der Waals surface area contributed by atoms with E-state index in [2.05, 4.69) is 41.4 Å². The van der Waals surface area contributed by atoms with E-state index in [0.717, 1.165) is 41.1 Å². The molecule has 0 fully saturated rings. The van der Waals surface area contributed by atoms with E-state index in [-0.39, 0.29) is 0 Å². The number of aliphatic imine (C=N–C) groups is 1. The highest BCUT2D eigenvalue weighted by atomic mass is 35.5. The summed E-state index contributed by atoms with van der Waals surface area (Å²) in [6.07, 6.45) is 5.10. The lowest BCUT2D eigenvalue weighted by Crippen LogP contribution is -2.11. The van der Waals surface area contributed by atoms with Gasteiger partial charge in [0.1, 0.15) is 12.4 Å². The van der Waals surface area contributed by atoms with Crippen molar-refractivity contribution in [2.45, 2.75) is 13.0 Å². The van der Waals surface area contributed by atoms with Crippen LogP contribution >= 0.6 is 23.2 Å². The Hall–Kier alpha value is -2.55. The van der Waals surface area contributed by atoms with Gasteiger partial charge < -0.3 is 4.74 Å². The number of allylic oxidation sites excluding steroid dienone is 1. The van der Waals surface area contributed by atoms with Crippen molar-refractivity contribution in [3.8, 4) is 5.75 Å². The zero-order valence-corrected chi connectivity index (χ0v) is 16.8. The minimum absolute atomic E-state index is 0.406. The van der Waals surface area contributed by atoms with E-state index in [0.29, 0.717) is 16.7 Å². The van der Waals surface area contributed by atoms with Crippen LogP contribution in [0, 0.1) is 0 Å². The minimum Gasteiger partial charge on any atom is -0.489 e. The fourth-order valence-electron chi connectivity index (χ4n) is 3.18. The Kier molecular flexibility index (Phi) is 5.80. The first-order chi connectivity index (χ1) is 13.7. The summed E-state index contributed by atoms with van der Waals surface area (Å²) in [6.45, 7) is 1.19. The highest BCUT2D eigenvalue weighted by molar-refractivity contribution is 6.35. The van der Waals surface area contributed by atoms with Crippen molar-refractivity contribution in [2.75, 3.05) is 6.54 Å². The van der Waals surface area contributed by atoms with Gasteiger partial charge in [0.2, 0.25) is 0 Å². The molecular formula is C24H19Cl2NO. The number of benzene rings is 3. The van der Waals surface area contributed by atoms with Gasteiger partial charge in [-0.25, -0.2) is 0 Å². The second kappa shape index (κ2) is 8.64. The molecule has 28 heavy (non-hydrogen) atoms. The zero-order valence-electron chi connectivity index (χ0n) is 15.2. The fraction of sp³-hybridized carbons (Fsp3) is 0.125. The van der Waals surface area contributed by atoms with Crippen LogP contribution in [-0.4, -0.2) is 12.3 Å². The molecule has 0 aliphatic carbocycles. The van der Waals surface area contributed by atoms with E-state index in [1.54, 1.807) is 6.07 Å². The Morgan fingerprint density at radius 1 is 0.929 bits per heavy atom. The summed E-state index contributed by atoms with van der Waals surface area (Å²) in [4.78, 5) is 4.69. The predicted octanol–water partition coefficient (Wildman–Crippen LogP) is 6.63. The molecule has 0 radical (unpaired) electrons. The monoisotopic (exact) mass is 407 g/mol. The van der Waals surface area contributed by atoms with Crippen LogP contribution < -0.4 is 4.74 Å². The molecule has 1 aliphatic heterocycles. The molecule has 1 heterocycles. The van der Waals surface area contributed by atoms with Crippen LogP contribution in [0.25, 0.3) is 6.08 Å². The molecule has 0 amide bonds. The summed E-state index contributed by atoms with van der Waals surface area (Å²) in [5.41, 5.74) is 5.50. The maximum absolute atomic E-state index is 6.23. The molecule has 140 valence electrons. The van der Waals surface area contributed by atoms with E-state index >= 15 is 0 Å². The normalized spacial score (nSPS) is 13.3. The Morgan fingerprint density at radius 2 is 1.79 bits per heavy atom. The van der Waals surface area contributed by atoms with Crippen LogP contribution in [0.5, 0.6) is 5.75 Å². The van der Waals surface area contributed by atoms with Gasteiger partial charge in [-0.05, 0) is 54.0 Å². The number of ether oxygens (including phenoxy) is 1. The zero-order chi connectivity index (χ0) is 19.3. The molecule has 3 aromatic rings. The molecule has 4 heteroatoms. The van der Waals surface area contributed by atoms with Crippen molar-refractivity contribution in [2.24, 2.45) is 4.99 Å². The maximum atomic E-state index is 6.23. The van der Waals surface area contributed by atoms with Gasteiger partial charge in [-0.2, -0.15) is 0 Å². The smallest absolute Gasteiger partial charge is 0.120 e. The number of hydrogen-bond acceptors (Lipinski definition) is 2. The maximum Gasteiger partial charge on any atom is 0.120 e. The van der Waals surface area contributed by atoms with Gasteiger partial charge in [0, 0.05) is 27.7 Å². The van der Waals surface area contributed by atoms with E-state index in [9.17, 15) is 0 Å². The molecule has 3 aromatic carbocycles. The van der Waals surface area contributed by atoms with Gasteiger partial charge in [-0.3, -0.25) is 4.99 Å². The summed E-state index contributed by atoms with van der Waals surface area (Å²) < 4.78 is 5.96. The molecule has 0 N–H and O–H groups in total. The first-order valence-corrected chi connectivity index (χ1v) is 9.92. The largest absolute Gasteiger partial charge is 0.489 e. The first kappa shape index (κ1) is 18.8. The molecule has 0 spiro atoms. The molecule has 0 atom stereocenters. The second-order valence-electron chi connectivity index (χ2n) is 6.60. The van der Waals surface area contributed by atoms with E-state index in [1.165, 1.54) is 5.56 Å². The Balaban J connectivity index is 1.49. The highest BCUT2D eigenvalue weighted by Gasteiger charge is 2.13. The molecule has 4 rings (SSSR count). The Labute approximate surface area is 175 Å². The van der Waals surface area contributed by atoms with Gasteiger partial charge in [0.25, 0.3) is 0 Å². The summed E-state index contributed by atoms with van der Waals surface area (Å²) in [5.74, 6) is 0.832. The van der Waals surface area contributed by atoms with Gasteiger partial charge in [0.05, 0.1) is 5.71 Å². The van der Waals surface area contributed by atoms with E-state index in [1.807, 2.05) is 36.4 Å². The van der Waals surface area contributed by atoms with Gasteiger partial charge in [-0.1, -0.05) is 65.7 Å². The Bertz CT molecular complexity index is 1040. The first-order valence-electron chi connectivity index (χ1n) is 9.17. The van der Waals surface area contributed by atoms with Crippen molar-refractivity contribution in [1.29, 1.82) is 0 Å². The van der Waals surface area contributed by atoms with Crippen LogP contribution in [0.4, 0.5) is 0 Å². The van der Waals surface area contributed by atoms with Crippen molar-refractivity contribution < 1.29 is 4.74 Å². The molecule has 0 bridgehead atoms. The van der Waals surface area contributed by atoms with Crippen LogP contribution in [0.1, 0.15) is 22.3 Å². The third kappa shape index (κ3) is 4.46. The van der Waals surface area contributed by atoms with Gasteiger partial charge in [0.15, 0.2) is 0 Å². The molecule has 2 nitrogen and oxygen atoms in total. The minimum atomic E-state index is 0.406. The summed E-state index contributed by atoms with van der Waals surface area (Å²) in [6, 6.07) is 21.9. The fourth-order valence-corrected chi connectivity index (χ4v) is 3.64. The number of nitrogens with zero attached hydrogens (tertiary/aromatic N) is 1. The third-order valence-electron chi connectivity index (χ3n) is 4.66. The van der Waals surface area contributed by atoms with Crippen molar-refractivity contribution in [3.05, 3.63) is 105 Å². The van der Waals surface area contributed by atoms with Crippen molar-refractivity contribution in [1.82, 2.24) is 0 Å². The third-order valence-corrected chi connectivity index (χ3v) is 5.25. The molecular weight excluding hydrogens is 389 g/mol. The topological polar surface area (TPSA) is 21.6 Å². The molecule has 0 unspecified atom stereocenters. The number of fused-ring (bicyclic) bond motifs is 1. The predicted molar refractivity (Wildman–Crippen MR) is 118 cm³/mol. The van der Waals surface area contributed by atoms with Crippen LogP contribution in [0.2, 0.25) is 10.0 Å². The van der Waals surface area contributed by atoms with Crippen molar-refractivity contribution >= 4 is 35.0 Å². The van der Waals surface area contributed by atoms with Crippen LogP contribution in [-0.2, 0) is 13.0 Å². The Morgan fingerprint density at radius 3 is 2.61 bits per heavy atom. The second-order valence-corrected chi connectivity index (χ2v) is 7.45. The lowest BCUT2D eigenvalue weighted by atomic mass is 9.96. The average molecular weight is 408 g/mol. The van der Waals surface area contributed by atoms with Crippen LogP contribution in [0.3, 0.4) is 0 Å². The highest BCUT2D eigenvalue weighted by Crippen LogP contribution is 2.26. The summed E-state index contributed by atoms with van der Waals surface area (Å²) in [7, 11) is 0. The molecule has 0 saturated carbocycles. The van der Waals surface area contributed by atoms with E-state index in [4.69, 9.17) is 27.9 Å². The standard InChI is InChI=1S/C24H19Cl2NO/c25-20-8-7-19(23(26)15-20)16-28-21-9-10-22-18(14-21)12-13-27-24(22)11-6-17-4-2-1-3-5-17/h1-11,14-15H,12-13,16H2/b11-6+. The SMILES string of the molecule is Clc1ccc(COc2ccc3c(c2)CCN=C3/C=C/c2ccccc2)c(Cl)c1. The number of hydrogen-bond donors (Lipinski definition) is 0. The van der Waals surface area contributed by atoms with E-state index < -0.39 is 0 Å². The van der Waals surface area contributed by atoms with Gasteiger partial charge >= 0.3 is 0 Å².